The van der Waals surface area contributed by atoms with Crippen molar-refractivity contribution in [3.05, 3.63) is 29.8 Å². The number of benzene rings is 1. The van der Waals surface area contributed by atoms with Gasteiger partial charge in [0.2, 0.25) is 5.91 Å². The summed E-state index contributed by atoms with van der Waals surface area (Å²) >= 11 is 0. The predicted molar refractivity (Wildman–Crippen MR) is 93.3 cm³/mol. The molecule has 0 unspecified atom stereocenters. The normalized spacial score (nSPS) is 23.9. The molecule has 2 aliphatic rings. The van der Waals surface area contributed by atoms with Gasteiger partial charge in [-0.2, -0.15) is 13.2 Å². The Balaban J connectivity index is 1.82. The summed E-state index contributed by atoms with van der Waals surface area (Å²) in [5, 5.41) is 0. The molecule has 0 radical (unpaired) electrons. The van der Waals surface area contributed by atoms with E-state index in [4.69, 9.17) is 4.74 Å². The monoisotopic (exact) mass is 398 g/mol. The van der Waals surface area contributed by atoms with Crippen LogP contribution in [0.5, 0.6) is 0 Å². The van der Waals surface area contributed by atoms with Gasteiger partial charge in [0.15, 0.2) is 0 Å². The SMILES string of the molecule is CCOC(=O)[C@H]1CCCN([C@H]2CC(=O)N(c3ccccc3C(F)(F)F)C2=O)C1. The van der Waals surface area contributed by atoms with E-state index in [2.05, 4.69) is 0 Å². The fraction of sp³-hybridized carbons (Fsp3) is 0.526. The minimum absolute atomic E-state index is 0.208. The number of hydrogen-bond donors (Lipinski definition) is 0. The number of likely N-dealkylation sites (tertiary alicyclic amines) is 1. The zero-order chi connectivity index (χ0) is 20.5. The maximum Gasteiger partial charge on any atom is 0.418 e. The Morgan fingerprint density at radius 1 is 1.25 bits per heavy atom. The quantitative estimate of drug-likeness (QED) is 0.576. The molecular weight excluding hydrogens is 377 g/mol. The van der Waals surface area contributed by atoms with E-state index >= 15 is 0 Å². The largest absolute Gasteiger partial charge is 0.466 e. The van der Waals surface area contributed by atoms with Gasteiger partial charge in [0, 0.05) is 6.54 Å². The number of hydrogen-bond acceptors (Lipinski definition) is 5. The van der Waals surface area contributed by atoms with Crippen LogP contribution in [0.15, 0.2) is 24.3 Å². The molecule has 0 bridgehead atoms. The predicted octanol–water partition coefficient (Wildman–Crippen LogP) is 2.61. The Labute approximate surface area is 160 Å². The number of imide groups is 1. The van der Waals surface area contributed by atoms with Crippen molar-refractivity contribution >= 4 is 23.5 Å². The molecule has 9 heteroatoms. The first kappa shape index (κ1) is 20.3. The summed E-state index contributed by atoms with van der Waals surface area (Å²) in [6.45, 7) is 2.69. The lowest BCUT2D eigenvalue weighted by atomic mass is 9.96. The van der Waals surface area contributed by atoms with Crippen LogP contribution in [0.25, 0.3) is 0 Å². The van der Waals surface area contributed by atoms with Gasteiger partial charge in [-0.25, -0.2) is 4.90 Å². The Morgan fingerprint density at radius 2 is 1.96 bits per heavy atom. The highest BCUT2D eigenvalue weighted by Crippen LogP contribution is 2.39. The fourth-order valence-electron chi connectivity index (χ4n) is 3.80. The van der Waals surface area contributed by atoms with Crippen LogP contribution in [0.2, 0.25) is 0 Å². The molecule has 2 fully saturated rings. The third kappa shape index (κ3) is 3.89. The molecule has 2 saturated heterocycles. The van der Waals surface area contributed by atoms with E-state index in [0.29, 0.717) is 24.3 Å². The summed E-state index contributed by atoms with van der Waals surface area (Å²) in [4.78, 5) is 39.7. The number of anilines is 1. The third-order valence-corrected chi connectivity index (χ3v) is 5.09. The number of amides is 2. The lowest BCUT2D eigenvalue weighted by Crippen LogP contribution is -2.48. The third-order valence-electron chi connectivity index (χ3n) is 5.09. The maximum absolute atomic E-state index is 13.3. The fourth-order valence-corrected chi connectivity index (χ4v) is 3.80. The van der Waals surface area contributed by atoms with Crippen molar-refractivity contribution in [1.29, 1.82) is 0 Å². The second kappa shape index (κ2) is 7.90. The number of carbonyl (C=O) groups is 3. The highest BCUT2D eigenvalue weighted by atomic mass is 19.4. The molecule has 0 N–H and O–H groups in total. The van der Waals surface area contributed by atoms with Crippen LogP contribution < -0.4 is 4.90 Å². The van der Waals surface area contributed by atoms with Crippen LogP contribution in [-0.4, -0.2) is 48.4 Å². The molecular formula is C19H21F3N2O4. The van der Waals surface area contributed by atoms with E-state index in [1.807, 2.05) is 0 Å². The van der Waals surface area contributed by atoms with Crippen LogP contribution >= 0.6 is 0 Å². The summed E-state index contributed by atoms with van der Waals surface area (Å²) in [5.74, 6) is -2.13. The first-order valence-electron chi connectivity index (χ1n) is 9.17. The molecule has 152 valence electrons. The van der Waals surface area contributed by atoms with E-state index in [1.165, 1.54) is 12.1 Å². The van der Waals surface area contributed by atoms with E-state index < -0.39 is 41.2 Å². The van der Waals surface area contributed by atoms with E-state index in [9.17, 15) is 27.6 Å². The zero-order valence-corrected chi connectivity index (χ0v) is 15.4. The summed E-state index contributed by atoms with van der Waals surface area (Å²) in [6.07, 6.45) is -3.64. The van der Waals surface area contributed by atoms with Crippen LogP contribution in [0.4, 0.5) is 18.9 Å². The second-order valence-corrected chi connectivity index (χ2v) is 6.89. The Kier molecular flexibility index (Phi) is 5.74. The summed E-state index contributed by atoms with van der Waals surface area (Å²) in [7, 11) is 0. The maximum atomic E-state index is 13.3. The number of rotatable bonds is 4. The van der Waals surface area contributed by atoms with Gasteiger partial charge in [0.05, 0.1) is 36.2 Å². The lowest BCUT2D eigenvalue weighted by molar-refractivity contribution is -0.150. The van der Waals surface area contributed by atoms with Gasteiger partial charge in [-0.05, 0) is 38.4 Å². The van der Waals surface area contributed by atoms with Gasteiger partial charge in [0.25, 0.3) is 5.91 Å². The molecule has 0 spiro atoms. The Hall–Kier alpha value is -2.42. The average molecular weight is 398 g/mol. The molecule has 2 atom stereocenters. The topological polar surface area (TPSA) is 66.9 Å². The summed E-state index contributed by atoms with van der Waals surface area (Å²) < 4.78 is 45.0. The van der Waals surface area contributed by atoms with Crippen molar-refractivity contribution in [1.82, 2.24) is 4.90 Å². The number of nitrogens with zero attached hydrogens (tertiary/aromatic N) is 2. The van der Waals surface area contributed by atoms with Gasteiger partial charge in [-0.1, -0.05) is 12.1 Å². The number of ether oxygens (including phenoxy) is 1. The van der Waals surface area contributed by atoms with Crippen LogP contribution in [0.3, 0.4) is 0 Å². The van der Waals surface area contributed by atoms with Gasteiger partial charge < -0.3 is 4.74 Å². The Morgan fingerprint density at radius 3 is 2.64 bits per heavy atom. The van der Waals surface area contributed by atoms with Crippen molar-refractivity contribution in [3.63, 3.8) is 0 Å². The van der Waals surface area contributed by atoms with Crippen molar-refractivity contribution in [2.45, 2.75) is 38.4 Å². The van der Waals surface area contributed by atoms with E-state index in [-0.39, 0.29) is 25.5 Å². The highest BCUT2D eigenvalue weighted by Gasteiger charge is 2.47. The minimum atomic E-state index is -4.69. The standard InChI is InChI=1S/C19H21F3N2O4/c1-2-28-18(27)12-6-5-9-23(11-12)15-10-16(25)24(17(15)26)14-8-4-3-7-13(14)19(20,21)22/h3-4,7-8,12,15H,2,5-6,9-11H2,1H3/t12-,15-/m0/s1. The Bertz CT molecular complexity index is 781. The number of esters is 1. The molecule has 28 heavy (non-hydrogen) atoms. The summed E-state index contributed by atoms with van der Waals surface area (Å²) in [6, 6.07) is 3.67. The van der Waals surface area contributed by atoms with Crippen molar-refractivity contribution < 1.29 is 32.3 Å². The van der Waals surface area contributed by atoms with E-state index in [0.717, 1.165) is 12.1 Å². The van der Waals surface area contributed by atoms with Gasteiger partial charge in [-0.15, -0.1) is 0 Å². The minimum Gasteiger partial charge on any atom is -0.466 e. The molecule has 2 aliphatic heterocycles. The smallest absolute Gasteiger partial charge is 0.418 e. The molecule has 2 amide bonds. The lowest BCUT2D eigenvalue weighted by Gasteiger charge is -2.34. The van der Waals surface area contributed by atoms with E-state index in [1.54, 1.807) is 11.8 Å². The number of piperidine rings is 1. The summed E-state index contributed by atoms with van der Waals surface area (Å²) in [5.41, 5.74) is -1.48. The molecule has 1 aromatic rings. The van der Waals surface area contributed by atoms with Crippen LogP contribution in [0.1, 0.15) is 31.7 Å². The highest BCUT2D eigenvalue weighted by molar-refractivity contribution is 6.22. The average Bonchev–Trinajstić information content (AvgIpc) is 2.95. The number of alkyl halides is 3. The first-order valence-corrected chi connectivity index (χ1v) is 9.17. The van der Waals surface area contributed by atoms with Crippen molar-refractivity contribution in [2.75, 3.05) is 24.6 Å². The second-order valence-electron chi connectivity index (χ2n) is 6.89. The van der Waals surface area contributed by atoms with Gasteiger partial charge in [0.1, 0.15) is 0 Å². The molecule has 0 aromatic heterocycles. The molecule has 6 nitrogen and oxygen atoms in total. The van der Waals surface area contributed by atoms with Crippen molar-refractivity contribution in [3.8, 4) is 0 Å². The number of para-hydroxylation sites is 1. The molecule has 0 aliphatic carbocycles. The molecule has 0 saturated carbocycles. The number of carbonyl (C=O) groups excluding carboxylic acids is 3. The van der Waals surface area contributed by atoms with Crippen LogP contribution in [-0.2, 0) is 25.3 Å². The first-order chi connectivity index (χ1) is 13.2. The van der Waals surface area contributed by atoms with Crippen molar-refractivity contribution in [2.24, 2.45) is 5.92 Å². The van der Waals surface area contributed by atoms with Crippen LogP contribution in [0, 0.1) is 5.92 Å². The number of halogens is 3. The van der Waals surface area contributed by atoms with Gasteiger partial charge in [-0.3, -0.25) is 19.3 Å². The molecule has 2 heterocycles. The molecule has 1 aromatic carbocycles. The molecule has 3 rings (SSSR count). The van der Waals surface area contributed by atoms with Gasteiger partial charge >= 0.3 is 12.1 Å². The zero-order valence-electron chi connectivity index (χ0n) is 15.4.